The number of quaternary nitrogens is 1. The summed E-state index contributed by atoms with van der Waals surface area (Å²) in [6.45, 7) is 0.139. The monoisotopic (exact) mass is 62.0 g/mol. The summed E-state index contributed by atoms with van der Waals surface area (Å²) in [6.07, 6.45) is 0. The molecule has 3 heteroatoms. The summed E-state index contributed by atoms with van der Waals surface area (Å²) in [5.41, 5.74) is 5.31. The Morgan fingerprint density at radius 3 is 2.25 bits per heavy atom. The normalized spacial score (nSPS) is 7.50. The van der Waals surface area contributed by atoms with Crippen molar-refractivity contribution in [1.29, 1.82) is 0 Å². The maximum Gasteiger partial charge on any atom is 0.126 e. The standard InChI is InChI=1S/CH6N2O/c2-1-3-4/h1-3H2. The van der Waals surface area contributed by atoms with Crippen molar-refractivity contribution in [3.63, 3.8) is 0 Å². The van der Waals surface area contributed by atoms with Gasteiger partial charge in [-0.05, 0) is 0 Å². The molecule has 0 bridgehead atoms. The number of hydrogen-bond acceptors (Lipinski definition) is 2. The van der Waals surface area contributed by atoms with E-state index in [-0.39, 0.29) is 6.67 Å². The Morgan fingerprint density at radius 2 is 2.25 bits per heavy atom. The van der Waals surface area contributed by atoms with Crippen molar-refractivity contribution >= 4 is 0 Å². The van der Waals surface area contributed by atoms with Crippen LogP contribution in [-0.4, -0.2) is 6.67 Å². The van der Waals surface area contributed by atoms with Crippen LogP contribution in [0.4, 0.5) is 0 Å². The van der Waals surface area contributed by atoms with Gasteiger partial charge in [0.1, 0.15) is 6.67 Å². The summed E-state index contributed by atoms with van der Waals surface area (Å²) in [4.78, 5) is 0. The van der Waals surface area contributed by atoms with Gasteiger partial charge < -0.3 is 10.7 Å². The van der Waals surface area contributed by atoms with Crippen LogP contribution < -0.4 is 11.2 Å². The van der Waals surface area contributed by atoms with Crippen molar-refractivity contribution in [3.05, 3.63) is 5.21 Å². The first-order chi connectivity index (χ1) is 1.91. The van der Waals surface area contributed by atoms with Gasteiger partial charge in [0.05, 0.1) is 0 Å². The second-order valence-electron chi connectivity index (χ2n) is 0.402. The van der Waals surface area contributed by atoms with Gasteiger partial charge in [-0.15, -0.1) is 0 Å². The predicted molar refractivity (Wildman–Crippen MR) is 14.3 cm³/mol. The molecule has 0 unspecified atom stereocenters. The molecule has 26 valence electrons. The summed E-state index contributed by atoms with van der Waals surface area (Å²) >= 11 is 0. The SMILES string of the molecule is NC[NH2+][O-]. The summed E-state index contributed by atoms with van der Waals surface area (Å²) in [7, 11) is 0. The molecule has 0 heterocycles. The van der Waals surface area contributed by atoms with Gasteiger partial charge in [0.15, 0.2) is 0 Å². The predicted octanol–water partition coefficient (Wildman–Crippen LogP) is -2.04. The molecule has 3 nitrogen and oxygen atoms in total. The van der Waals surface area contributed by atoms with Crippen LogP contribution in [0.2, 0.25) is 0 Å². The minimum atomic E-state index is 0.139. The van der Waals surface area contributed by atoms with E-state index in [9.17, 15) is 0 Å². The van der Waals surface area contributed by atoms with E-state index in [4.69, 9.17) is 5.21 Å². The fourth-order valence-electron chi connectivity index (χ4n) is 0. The number of rotatable bonds is 1. The summed E-state index contributed by atoms with van der Waals surface area (Å²) < 4.78 is 0. The van der Waals surface area contributed by atoms with E-state index >= 15 is 0 Å². The van der Waals surface area contributed by atoms with Crippen molar-refractivity contribution in [1.82, 2.24) is 0 Å². The Morgan fingerprint density at radius 1 is 2.00 bits per heavy atom. The van der Waals surface area contributed by atoms with Crippen molar-refractivity contribution < 1.29 is 5.48 Å². The Kier molecular flexibility index (Phi) is 2.79. The first-order valence-corrected chi connectivity index (χ1v) is 1.05. The summed E-state index contributed by atoms with van der Waals surface area (Å²) in [5.74, 6) is 0. The molecule has 4 N–H and O–H groups in total. The molecule has 0 aromatic heterocycles. The van der Waals surface area contributed by atoms with Crippen molar-refractivity contribution in [3.8, 4) is 0 Å². The van der Waals surface area contributed by atoms with Gasteiger partial charge >= 0.3 is 0 Å². The zero-order valence-corrected chi connectivity index (χ0v) is 2.27. The maximum absolute atomic E-state index is 9.05. The molecular weight excluding hydrogens is 56.0 g/mol. The van der Waals surface area contributed by atoms with Crippen LogP contribution in [0.3, 0.4) is 0 Å². The van der Waals surface area contributed by atoms with Crippen LogP contribution in [0.5, 0.6) is 0 Å². The van der Waals surface area contributed by atoms with Crippen molar-refractivity contribution in [2.75, 3.05) is 6.67 Å². The highest BCUT2D eigenvalue weighted by molar-refractivity contribution is 3.88. The lowest BCUT2D eigenvalue weighted by molar-refractivity contribution is -0.587. The van der Waals surface area contributed by atoms with E-state index in [0.29, 0.717) is 5.48 Å². The van der Waals surface area contributed by atoms with E-state index in [1.165, 1.54) is 0 Å². The van der Waals surface area contributed by atoms with Crippen LogP contribution >= 0.6 is 0 Å². The molecule has 0 rings (SSSR count). The maximum atomic E-state index is 9.05. The lowest BCUT2D eigenvalue weighted by Gasteiger charge is -1.89. The molecule has 0 aromatic rings. The quantitative estimate of drug-likeness (QED) is 0.271. The molecule has 4 heavy (non-hydrogen) atoms. The molecule has 0 aliphatic rings. The molecule has 0 spiro atoms. The van der Waals surface area contributed by atoms with E-state index in [2.05, 4.69) is 5.73 Å². The van der Waals surface area contributed by atoms with E-state index in [1.807, 2.05) is 0 Å². The molecule has 0 aliphatic carbocycles. The van der Waals surface area contributed by atoms with E-state index < -0.39 is 0 Å². The Balaban J connectivity index is 1.97. The first kappa shape index (κ1) is 3.88. The third kappa shape index (κ3) is 1.88. The van der Waals surface area contributed by atoms with Crippen LogP contribution in [0.25, 0.3) is 0 Å². The van der Waals surface area contributed by atoms with Crippen LogP contribution in [0.15, 0.2) is 0 Å². The number of hydrogen-bond donors (Lipinski definition) is 2. The molecule has 0 atom stereocenters. The topological polar surface area (TPSA) is 65.7 Å². The molecule has 0 amide bonds. The first-order valence-electron chi connectivity index (χ1n) is 1.05. The zero-order chi connectivity index (χ0) is 3.41. The second kappa shape index (κ2) is 2.88. The van der Waals surface area contributed by atoms with E-state index in [0.717, 1.165) is 0 Å². The fraction of sp³-hybridized carbons (Fsp3) is 1.00. The van der Waals surface area contributed by atoms with Gasteiger partial charge in [0.2, 0.25) is 0 Å². The Hall–Kier alpha value is -0.120. The molecule has 0 aliphatic heterocycles. The van der Waals surface area contributed by atoms with Gasteiger partial charge in [-0.3, -0.25) is 5.73 Å². The average Bonchev–Trinajstić information content (AvgIpc) is 1.37. The Labute approximate surface area is 24.4 Å². The second-order valence-corrected chi connectivity index (χ2v) is 0.402. The third-order valence-electron chi connectivity index (χ3n) is 0.0962. The van der Waals surface area contributed by atoms with E-state index in [1.54, 1.807) is 0 Å². The summed E-state index contributed by atoms with van der Waals surface area (Å²) in [5, 5.41) is 9.05. The molecule has 0 saturated heterocycles. The minimum absolute atomic E-state index is 0.139. The minimum Gasteiger partial charge on any atom is -0.635 e. The van der Waals surface area contributed by atoms with Crippen molar-refractivity contribution in [2.24, 2.45) is 5.73 Å². The number of hydroxylamine groups is 1. The zero-order valence-electron chi connectivity index (χ0n) is 2.27. The van der Waals surface area contributed by atoms with Crippen molar-refractivity contribution in [2.45, 2.75) is 0 Å². The lowest BCUT2D eigenvalue weighted by atomic mass is 11.3. The number of nitrogens with two attached hydrogens (primary N) is 2. The largest absolute Gasteiger partial charge is 0.635 e. The highest BCUT2D eigenvalue weighted by Crippen LogP contribution is 0.905. The highest BCUT2D eigenvalue weighted by Gasteiger charge is 1.45. The van der Waals surface area contributed by atoms with Gasteiger partial charge in [0.25, 0.3) is 0 Å². The van der Waals surface area contributed by atoms with Crippen LogP contribution in [0.1, 0.15) is 0 Å². The van der Waals surface area contributed by atoms with Crippen LogP contribution in [-0.2, 0) is 0 Å². The third-order valence-corrected chi connectivity index (χ3v) is 0.0962. The molecule has 0 radical (unpaired) electrons. The average molecular weight is 62.1 g/mol. The molecule has 0 fully saturated rings. The molecular formula is CH6N2O. The smallest absolute Gasteiger partial charge is 0.126 e. The lowest BCUT2D eigenvalue weighted by Crippen LogP contribution is -2.80. The van der Waals surface area contributed by atoms with Gasteiger partial charge in [0, 0.05) is 0 Å². The highest BCUT2D eigenvalue weighted by atomic mass is 16.5. The molecule has 0 saturated carbocycles. The summed E-state index contributed by atoms with van der Waals surface area (Å²) in [6, 6.07) is 0. The Bertz CT molecular complexity index is 8.00. The van der Waals surface area contributed by atoms with Crippen LogP contribution in [0, 0.1) is 5.21 Å². The fourth-order valence-corrected chi connectivity index (χ4v) is 0. The molecule has 0 aromatic carbocycles. The van der Waals surface area contributed by atoms with Gasteiger partial charge in [-0.2, -0.15) is 0 Å². The van der Waals surface area contributed by atoms with Gasteiger partial charge in [-0.25, -0.2) is 0 Å². The van der Waals surface area contributed by atoms with Gasteiger partial charge in [-0.1, -0.05) is 0 Å².